The van der Waals surface area contributed by atoms with Crippen LogP contribution in [-0.2, 0) is 0 Å². The van der Waals surface area contributed by atoms with Crippen LogP contribution in [0.4, 0.5) is 0 Å². The van der Waals surface area contributed by atoms with Crippen LogP contribution in [0.5, 0.6) is 0 Å². The van der Waals surface area contributed by atoms with Crippen LogP contribution in [0.1, 0.15) is 61.4 Å². The Balaban J connectivity index is 1.59. The molecular weight excluding hydrogens is 362 g/mol. The highest BCUT2D eigenvalue weighted by molar-refractivity contribution is 5.98. The lowest BCUT2D eigenvalue weighted by atomic mass is 9.85. The molecule has 5 rings (SSSR count). The van der Waals surface area contributed by atoms with E-state index in [1.165, 1.54) is 71.0 Å². The Morgan fingerprint density at radius 2 is 1.97 bits per heavy atom. The van der Waals surface area contributed by atoms with E-state index in [4.69, 9.17) is 0 Å². The van der Waals surface area contributed by atoms with E-state index in [1.54, 1.807) is 0 Å². The highest BCUT2D eigenvalue weighted by atomic mass is 15.0. The number of allylic oxidation sites excluding steroid dienone is 10. The van der Waals surface area contributed by atoms with Crippen LogP contribution < -0.4 is 0 Å². The van der Waals surface area contributed by atoms with Gasteiger partial charge >= 0.3 is 0 Å². The highest BCUT2D eigenvalue weighted by Gasteiger charge is 2.23. The molecule has 0 spiro atoms. The third kappa shape index (κ3) is 3.27. The van der Waals surface area contributed by atoms with Crippen molar-refractivity contribution < 1.29 is 0 Å². The Hall–Kier alpha value is -2.80. The van der Waals surface area contributed by atoms with Crippen molar-refractivity contribution in [3.8, 4) is 0 Å². The number of benzene rings is 1. The number of nitrogens with zero attached hydrogens (tertiary/aromatic N) is 1. The van der Waals surface area contributed by atoms with Crippen LogP contribution in [0, 0.1) is 12.8 Å². The molecule has 0 aliphatic heterocycles. The largest absolute Gasteiger partial charge is 0.333 e. The van der Waals surface area contributed by atoms with E-state index in [1.807, 2.05) is 6.08 Å². The Labute approximate surface area is 180 Å². The summed E-state index contributed by atoms with van der Waals surface area (Å²) in [6.07, 6.45) is 28.1. The van der Waals surface area contributed by atoms with Crippen molar-refractivity contribution >= 4 is 22.6 Å². The number of aromatic nitrogens is 1. The summed E-state index contributed by atoms with van der Waals surface area (Å²) in [5.41, 5.74) is 8.16. The van der Waals surface area contributed by atoms with Gasteiger partial charge in [-0.25, -0.2) is 0 Å². The summed E-state index contributed by atoms with van der Waals surface area (Å²) in [5, 5.41) is 1.36. The molecule has 1 aromatic carbocycles. The molecule has 3 aliphatic rings. The molecule has 0 radical (unpaired) electrons. The van der Waals surface area contributed by atoms with Crippen molar-refractivity contribution in [1.29, 1.82) is 0 Å². The van der Waals surface area contributed by atoms with Gasteiger partial charge in [0.25, 0.3) is 0 Å². The van der Waals surface area contributed by atoms with Gasteiger partial charge in [-0.1, -0.05) is 73.4 Å². The lowest BCUT2D eigenvalue weighted by Gasteiger charge is -2.24. The van der Waals surface area contributed by atoms with Crippen molar-refractivity contribution in [3.05, 3.63) is 95.8 Å². The normalized spacial score (nSPS) is 23.5. The van der Waals surface area contributed by atoms with Crippen molar-refractivity contribution in [2.24, 2.45) is 5.92 Å². The Bertz CT molecular complexity index is 1130. The predicted octanol–water partition coefficient (Wildman–Crippen LogP) is 8.11. The number of hydrogen-bond acceptors (Lipinski definition) is 0. The van der Waals surface area contributed by atoms with Gasteiger partial charge in [0, 0.05) is 22.6 Å². The number of rotatable bonds is 4. The van der Waals surface area contributed by atoms with Crippen LogP contribution in [0.3, 0.4) is 0 Å². The van der Waals surface area contributed by atoms with Gasteiger partial charge in [-0.15, -0.1) is 0 Å². The van der Waals surface area contributed by atoms with Gasteiger partial charge in [0.05, 0.1) is 11.6 Å². The van der Waals surface area contributed by atoms with E-state index in [9.17, 15) is 0 Å². The zero-order chi connectivity index (χ0) is 20.5. The third-order valence-corrected chi connectivity index (χ3v) is 6.94. The molecule has 0 saturated carbocycles. The number of hydrogen-bond donors (Lipinski definition) is 0. The summed E-state index contributed by atoms with van der Waals surface area (Å²) < 4.78 is 2.55. The van der Waals surface area contributed by atoms with Crippen LogP contribution >= 0.6 is 0 Å². The van der Waals surface area contributed by atoms with Crippen LogP contribution in [0.25, 0.3) is 22.6 Å². The van der Waals surface area contributed by atoms with E-state index in [-0.39, 0.29) is 0 Å². The second-order valence-corrected chi connectivity index (χ2v) is 8.76. The standard InChI is InChI=1S/C29H31N/c1-3-28-21(2)26-15-10-16-27(29(26)30(28)25-13-8-5-9-14-25)24-19-17-23(18-20-24)22-11-6-4-7-12-22/h3,6,8,10-13,15-17,19-20,23,25H,1,4-5,7,9,14,18H2,2H3. The molecule has 1 heteroatoms. The molecule has 0 bridgehead atoms. The molecule has 1 nitrogen and oxygen atoms in total. The molecule has 3 aliphatic carbocycles. The zero-order valence-electron chi connectivity index (χ0n) is 18.0. The van der Waals surface area contributed by atoms with E-state index in [0.717, 1.165) is 6.42 Å². The van der Waals surface area contributed by atoms with Gasteiger partial charge in [0.15, 0.2) is 0 Å². The lowest BCUT2D eigenvalue weighted by Crippen LogP contribution is -2.11. The Morgan fingerprint density at radius 3 is 2.67 bits per heavy atom. The molecule has 0 saturated heterocycles. The highest BCUT2D eigenvalue weighted by Crippen LogP contribution is 2.39. The van der Waals surface area contributed by atoms with E-state index >= 15 is 0 Å². The molecule has 1 aromatic heterocycles. The molecule has 1 heterocycles. The van der Waals surface area contributed by atoms with Crippen LogP contribution in [0.2, 0.25) is 0 Å². The fraction of sp³-hybridized carbons (Fsp3) is 0.310. The molecule has 2 aromatic rings. The summed E-state index contributed by atoms with van der Waals surface area (Å²) in [4.78, 5) is 0. The summed E-state index contributed by atoms with van der Waals surface area (Å²) >= 11 is 0. The topological polar surface area (TPSA) is 4.93 Å². The van der Waals surface area contributed by atoms with Gasteiger partial charge in [-0.05, 0) is 68.2 Å². The first-order valence-electron chi connectivity index (χ1n) is 11.5. The number of aryl methyl sites for hydroxylation is 1. The third-order valence-electron chi connectivity index (χ3n) is 6.94. The quantitative estimate of drug-likeness (QED) is 0.462. The minimum Gasteiger partial charge on any atom is -0.333 e. The minimum atomic E-state index is 0.419. The van der Waals surface area contributed by atoms with Crippen molar-refractivity contribution in [2.45, 2.75) is 51.5 Å². The lowest BCUT2D eigenvalue weighted by molar-refractivity contribution is 0.528. The Kier molecular flexibility index (Phi) is 5.21. The predicted molar refractivity (Wildman–Crippen MR) is 130 cm³/mol. The molecule has 2 unspecified atom stereocenters. The monoisotopic (exact) mass is 393 g/mol. The zero-order valence-corrected chi connectivity index (χ0v) is 18.0. The maximum atomic E-state index is 4.16. The first kappa shape index (κ1) is 19.2. The summed E-state index contributed by atoms with van der Waals surface area (Å²) in [6.45, 7) is 6.41. The molecular formula is C29H31N. The van der Waals surface area contributed by atoms with Crippen molar-refractivity contribution in [1.82, 2.24) is 4.57 Å². The average Bonchev–Trinajstić information content (AvgIpc) is 3.12. The van der Waals surface area contributed by atoms with Gasteiger partial charge < -0.3 is 4.57 Å². The number of fused-ring (bicyclic) bond motifs is 1. The second-order valence-electron chi connectivity index (χ2n) is 8.76. The van der Waals surface area contributed by atoms with Gasteiger partial charge in [-0.3, -0.25) is 0 Å². The SMILES string of the molecule is C=Cc1c(C)c2cccc(C3=CCC(C4=CCCC=C4)C=C3)c2n1C1C=CCCC1. The molecule has 30 heavy (non-hydrogen) atoms. The maximum Gasteiger partial charge on any atom is 0.0573 e. The van der Waals surface area contributed by atoms with E-state index in [0.29, 0.717) is 12.0 Å². The average molecular weight is 394 g/mol. The van der Waals surface area contributed by atoms with Crippen molar-refractivity contribution in [2.75, 3.05) is 0 Å². The molecule has 2 atom stereocenters. The Morgan fingerprint density at radius 1 is 1.03 bits per heavy atom. The molecule has 0 fully saturated rings. The smallest absolute Gasteiger partial charge is 0.0573 e. The first-order valence-corrected chi connectivity index (χ1v) is 11.5. The summed E-state index contributed by atoms with van der Waals surface area (Å²) in [7, 11) is 0. The van der Waals surface area contributed by atoms with Gasteiger partial charge in [0.2, 0.25) is 0 Å². The summed E-state index contributed by atoms with van der Waals surface area (Å²) in [5.74, 6) is 0.517. The fourth-order valence-electron chi connectivity index (χ4n) is 5.36. The van der Waals surface area contributed by atoms with E-state index < -0.39 is 0 Å². The number of para-hydroxylation sites is 1. The maximum absolute atomic E-state index is 4.16. The van der Waals surface area contributed by atoms with Crippen LogP contribution in [-0.4, -0.2) is 4.57 Å². The molecule has 0 amide bonds. The van der Waals surface area contributed by atoms with Gasteiger partial charge in [-0.2, -0.15) is 0 Å². The fourth-order valence-corrected chi connectivity index (χ4v) is 5.36. The minimum absolute atomic E-state index is 0.419. The van der Waals surface area contributed by atoms with Gasteiger partial charge in [0.1, 0.15) is 0 Å². The first-order chi connectivity index (χ1) is 14.8. The summed E-state index contributed by atoms with van der Waals surface area (Å²) in [6, 6.07) is 7.21. The van der Waals surface area contributed by atoms with Crippen LogP contribution in [0.15, 0.2) is 79.0 Å². The second kappa shape index (κ2) is 8.14. The van der Waals surface area contributed by atoms with Crippen molar-refractivity contribution in [3.63, 3.8) is 0 Å². The van der Waals surface area contributed by atoms with E-state index in [2.05, 4.69) is 84.9 Å². The molecule has 152 valence electrons. The molecule has 0 N–H and O–H groups in total.